The van der Waals surface area contributed by atoms with Crippen molar-refractivity contribution < 1.29 is 19.1 Å². The van der Waals surface area contributed by atoms with Crippen molar-refractivity contribution in [3.63, 3.8) is 0 Å². The monoisotopic (exact) mass is 401 g/mol. The summed E-state index contributed by atoms with van der Waals surface area (Å²) in [4.78, 5) is 29.0. The molecule has 1 unspecified atom stereocenters. The molecule has 152 valence electrons. The molecule has 27 heavy (non-hydrogen) atoms. The summed E-state index contributed by atoms with van der Waals surface area (Å²) in [6.07, 6.45) is 2.75. The van der Waals surface area contributed by atoms with Gasteiger partial charge in [0, 0.05) is 26.2 Å². The molecule has 1 fully saturated rings. The normalized spacial score (nSPS) is 17.9. The highest BCUT2D eigenvalue weighted by Gasteiger charge is 2.23. The zero-order valence-corrected chi connectivity index (χ0v) is 16.8. The Morgan fingerprint density at radius 1 is 1.19 bits per heavy atom. The SMILES string of the molecule is CN(Cc1ccc(F)cc1)C(=O)CN1CCCC(N(C)CC(=O)O)CC1.Cl. The Labute approximate surface area is 166 Å². The molecular formula is C19H29ClFN3O3. The summed E-state index contributed by atoms with van der Waals surface area (Å²) in [5.74, 6) is -1.06. The van der Waals surface area contributed by atoms with Gasteiger partial charge < -0.3 is 10.0 Å². The van der Waals surface area contributed by atoms with Gasteiger partial charge in [0.15, 0.2) is 0 Å². The molecule has 1 N–H and O–H groups in total. The van der Waals surface area contributed by atoms with Crippen molar-refractivity contribution in [3.05, 3.63) is 35.6 Å². The van der Waals surface area contributed by atoms with Gasteiger partial charge in [0.2, 0.25) is 5.91 Å². The molecule has 1 atom stereocenters. The number of likely N-dealkylation sites (N-methyl/N-ethyl adjacent to an activating group) is 2. The zero-order valence-electron chi connectivity index (χ0n) is 15.9. The molecule has 1 saturated heterocycles. The fraction of sp³-hybridized carbons (Fsp3) is 0.579. The van der Waals surface area contributed by atoms with Crippen molar-refractivity contribution >= 4 is 24.3 Å². The average Bonchev–Trinajstić information content (AvgIpc) is 2.82. The number of halogens is 2. The quantitative estimate of drug-likeness (QED) is 0.757. The van der Waals surface area contributed by atoms with Crippen LogP contribution < -0.4 is 0 Å². The molecular weight excluding hydrogens is 373 g/mol. The molecule has 0 aromatic heterocycles. The molecule has 0 aliphatic carbocycles. The summed E-state index contributed by atoms with van der Waals surface area (Å²) >= 11 is 0. The van der Waals surface area contributed by atoms with E-state index in [4.69, 9.17) is 5.11 Å². The van der Waals surface area contributed by atoms with Gasteiger partial charge in [0.05, 0.1) is 13.1 Å². The Kier molecular flexibility index (Phi) is 9.69. The van der Waals surface area contributed by atoms with Gasteiger partial charge >= 0.3 is 5.97 Å². The van der Waals surface area contributed by atoms with Crippen LogP contribution in [0.3, 0.4) is 0 Å². The standard InChI is InChI=1S/C19H28FN3O3.ClH/c1-21(14-19(25)26)17-4-3-10-23(11-9-17)13-18(24)22(2)12-15-5-7-16(20)8-6-15;/h5-8,17H,3-4,9-14H2,1-2H3,(H,25,26);1H. The van der Waals surface area contributed by atoms with E-state index >= 15 is 0 Å². The highest BCUT2D eigenvalue weighted by molar-refractivity contribution is 5.85. The molecule has 0 bridgehead atoms. The van der Waals surface area contributed by atoms with Crippen LogP contribution in [-0.2, 0) is 16.1 Å². The van der Waals surface area contributed by atoms with Crippen LogP contribution in [0, 0.1) is 5.82 Å². The third-order valence-corrected chi connectivity index (χ3v) is 4.92. The lowest BCUT2D eigenvalue weighted by atomic mass is 10.1. The largest absolute Gasteiger partial charge is 0.480 e. The van der Waals surface area contributed by atoms with Crippen molar-refractivity contribution in [2.75, 3.05) is 40.3 Å². The first-order valence-corrected chi connectivity index (χ1v) is 8.98. The first kappa shape index (κ1) is 23.3. The van der Waals surface area contributed by atoms with Crippen molar-refractivity contribution in [2.45, 2.75) is 31.8 Å². The summed E-state index contributed by atoms with van der Waals surface area (Å²) in [7, 11) is 3.60. The summed E-state index contributed by atoms with van der Waals surface area (Å²) in [5, 5.41) is 8.93. The minimum atomic E-state index is -0.814. The number of carboxylic acid groups (broad SMARTS) is 1. The van der Waals surface area contributed by atoms with Crippen molar-refractivity contribution in [1.82, 2.24) is 14.7 Å². The van der Waals surface area contributed by atoms with Gasteiger partial charge in [-0.2, -0.15) is 0 Å². The van der Waals surface area contributed by atoms with Crippen LogP contribution in [0.1, 0.15) is 24.8 Å². The molecule has 0 radical (unpaired) electrons. The first-order chi connectivity index (χ1) is 12.3. The van der Waals surface area contributed by atoms with Crippen LogP contribution in [0.5, 0.6) is 0 Å². The fourth-order valence-corrected chi connectivity index (χ4v) is 3.34. The molecule has 1 amide bonds. The van der Waals surface area contributed by atoms with Crippen LogP contribution in [-0.4, -0.2) is 78.0 Å². The number of hydrogen-bond acceptors (Lipinski definition) is 4. The van der Waals surface area contributed by atoms with E-state index in [1.165, 1.54) is 12.1 Å². The van der Waals surface area contributed by atoms with Gasteiger partial charge in [-0.15, -0.1) is 12.4 Å². The molecule has 1 aromatic rings. The second kappa shape index (κ2) is 11.2. The molecule has 1 aromatic carbocycles. The lowest BCUT2D eigenvalue weighted by Crippen LogP contribution is -2.39. The van der Waals surface area contributed by atoms with E-state index in [2.05, 4.69) is 4.90 Å². The van der Waals surface area contributed by atoms with Crippen molar-refractivity contribution in [2.24, 2.45) is 0 Å². The smallest absolute Gasteiger partial charge is 0.317 e. The molecule has 2 rings (SSSR count). The van der Waals surface area contributed by atoms with Gasteiger partial charge in [-0.05, 0) is 50.6 Å². The molecule has 0 saturated carbocycles. The Bertz CT molecular complexity index is 615. The van der Waals surface area contributed by atoms with Crippen LogP contribution in [0.2, 0.25) is 0 Å². The first-order valence-electron chi connectivity index (χ1n) is 8.98. The summed E-state index contributed by atoms with van der Waals surface area (Å²) in [6.45, 7) is 2.48. The highest BCUT2D eigenvalue weighted by atomic mass is 35.5. The summed E-state index contributed by atoms with van der Waals surface area (Å²) in [6, 6.07) is 6.41. The Morgan fingerprint density at radius 3 is 2.48 bits per heavy atom. The van der Waals surface area contributed by atoms with Gasteiger partial charge in [0.1, 0.15) is 5.82 Å². The van der Waals surface area contributed by atoms with Crippen molar-refractivity contribution in [1.29, 1.82) is 0 Å². The lowest BCUT2D eigenvalue weighted by Gasteiger charge is -2.26. The van der Waals surface area contributed by atoms with E-state index in [9.17, 15) is 14.0 Å². The van der Waals surface area contributed by atoms with E-state index in [-0.39, 0.29) is 36.7 Å². The van der Waals surface area contributed by atoms with Crippen molar-refractivity contribution in [3.8, 4) is 0 Å². The third kappa shape index (κ3) is 7.82. The van der Waals surface area contributed by atoms with E-state index < -0.39 is 5.97 Å². The number of carbonyl (C=O) groups is 2. The second-order valence-corrected chi connectivity index (χ2v) is 7.05. The third-order valence-electron chi connectivity index (χ3n) is 4.92. The minimum Gasteiger partial charge on any atom is -0.480 e. The number of rotatable bonds is 7. The zero-order chi connectivity index (χ0) is 19.1. The molecule has 8 heteroatoms. The lowest BCUT2D eigenvalue weighted by molar-refractivity contribution is -0.138. The van der Waals surface area contributed by atoms with Gasteiger partial charge in [-0.25, -0.2) is 4.39 Å². The Morgan fingerprint density at radius 2 is 1.85 bits per heavy atom. The predicted octanol–water partition coefficient (Wildman–Crippen LogP) is 2.08. The average molecular weight is 402 g/mol. The molecule has 1 aliphatic heterocycles. The minimum absolute atomic E-state index is 0. The van der Waals surface area contributed by atoms with E-state index in [1.807, 2.05) is 11.9 Å². The Balaban J connectivity index is 0.00000364. The number of carbonyl (C=O) groups excluding carboxylic acids is 1. The number of aliphatic carboxylic acids is 1. The number of amides is 1. The van der Waals surface area contributed by atoms with E-state index in [0.717, 1.165) is 37.9 Å². The topological polar surface area (TPSA) is 64.1 Å². The maximum absolute atomic E-state index is 13.0. The molecule has 0 spiro atoms. The van der Waals surface area contributed by atoms with Gasteiger partial charge in [-0.3, -0.25) is 19.4 Å². The number of carboxylic acids is 1. The maximum atomic E-state index is 13.0. The van der Waals surface area contributed by atoms with Crippen LogP contribution >= 0.6 is 12.4 Å². The summed E-state index contributed by atoms with van der Waals surface area (Å²) in [5.41, 5.74) is 0.897. The number of likely N-dealkylation sites (tertiary alicyclic amines) is 1. The van der Waals surface area contributed by atoms with Crippen LogP contribution in [0.4, 0.5) is 4.39 Å². The Hall–Kier alpha value is -1.70. The molecule has 1 aliphatic rings. The fourth-order valence-electron chi connectivity index (χ4n) is 3.34. The van der Waals surface area contributed by atoms with Crippen LogP contribution in [0.25, 0.3) is 0 Å². The van der Waals surface area contributed by atoms with Gasteiger partial charge in [0.25, 0.3) is 0 Å². The maximum Gasteiger partial charge on any atom is 0.317 e. The van der Waals surface area contributed by atoms with E-state index in [1.54, 1.807) is 24.1 Å². The number of nitrogens with zero attached hydrogens (tertiary/aromatic N) is 3. The molecule has 1 heterocycles. The molecule has 6 nitrogen and oxygen atoms in total. The number of hydrogen-bond donors (Lipinski definition) is 1. The number of benzene rings is 1. The van der Waals surface area contributed by atoms with Crippen LogP contribution in [0.15, 0.2) is 24.3 Å². The predicted molar refractivity (Wildman–Crippen MR) is 104 cm³/mol. The van der Waals surface area contributed by atoms with E-state index in [0.29, 0.717) is 13.1 Å². The van der Waals surface area contributed by atoms with Gasteiger partial charge in [-0.1, -0.05) is 12.1 Å². The highest BCUT2D eigenvalue weighted by Crippen LogP contribution is 2.16. The second-order valence-electron chi connectivity index (χ2n) is 7.05. The summed E-state index contributed by atoms with van der Waals surface area (Å²) < 4.78 is 13.0.